The third-order valence-corrected chi connectivity index (χ3v) is 4.91. The molecule has 1 unspecified atom stereocenters. The normalized spacial score (nSPS) is 13.1. The number of hydrogen-bond donors (Lipinski definition) is 0. The van der Waals surface area contributed by atoms with Gasteiger partial charge in [-0.05, 0) is 40.5 Å². The zero-order valence-corrected chi connectivity index (χ0v) is 11.7. The minimum atomic E-state index is -0.214. The first-order chi connectivity index (χ1) is 7.09. The lowest BCUT2D eigenvalue weighted by molar-refractivity contribution is 0.537. The van der Waals surface area contributed by atoms with Crippen molar-refractivity contribution in [1.29, 1.82) is 0 Å². The molecule has 0 aliphatic rings. The molecule has 80 valence electrons. The fourth-order valence-corrected chi connectivity index (χ4v) is 3.43. The number of aryl methyl sites for hydroxylation is 1. The Labute approximate surface area is 110 Å². The van der Waals surface area contributed by atoms with Gasteiger partial charge in [-0.2, -0.15) is 0 Å². The van der Waals surface area contributed by atoms with E-state index in [4.69, 9.17) is 27.6 Å². The van der Waals surface area contributed by atoms with Crippen molar-refractivity contribution in [3.8, 4) is 0 Å². The van der Waals surface area contributed by atoms with Crippen LogP contribution in [-0.2, 0) is 0 Å². The molecular formula is C10H7BrCl2OS. The number of thiophene rings is 1. The van der Waals surface area contributed by atoms with Crippen LogP contribution in [0.15, 0.2) is 27.5 Å². The van der Waals surface area contributed by atoms with Gasteiger partial charge in [0, 0.05) is 10.4 Å². The molecule has 2 rings (SSSR count). The Bertz CT molecular complexity index is 458. The van der Waals surface area contributed by atoms with E-state index in [0.29, 0.717) is 4.67 Å². The van der Waals surface area contributed by atoms with Gasteiger partial charge >= 0.3 is 0 Å². The summed E-state index contributed by atoms with van der Waals surface area (Å²) >= 11 is 17.1. The Balaban J connectivity index is 2.36. The monoisotopic (exact) mass is 324 g/mol. The second-order valence-corrected chi connectivity index (χ2v) is 5.96. The second-order valence-electron chi connectivity index (χ2n) is 3.12. The summed E-state index contributed by atoms with van der Waals surface area (Å²) in [5, 5.41) is -0.214. The van der Waals surface area contributed by atoms with Crippen molar-refractivity contribution in [2.24, 2.45) is 0 Å². The molecular weight excluding hydrogens is 319 g/mol. The first kappa shape index (κ1) is 11.5. The van der Waals surface area contributed by atoms with E-state index in [1.807, 2.05) is 19.1 Å². The predicted octanol–water partition coefficient (Wildman–Crippen LogP) is 5.39. The predicted molar refractivity (Wildman–Crippen MR) is 68.2 cm³/mol. The van der Waals surface area contributed by atoms with E-state index in [2.05, 4.69) is 15.9 Å². The zero-order chi connectivity index (χ0) is 11.0. The summed E-state index contributed by atoms with van der Waals surface area (Å²) in [6, 6.07) is 3.86. The average Bonchev–Trinajstić information content (AvgIpc) is 2.74. The van der Waals surface area contributed by atoms with Crippen molar-refractivity contribution in [3.05, 3.63) is 43.4 Å². The van der Waals surface area contributed by atoms with E-state index in [1.165, 1.54) is 11.3 Å². The van der Waals surface area contributed by atoms with Crippen LogP contribution in [0.1, 0.15) is 21.4 Å². The zero-order valence-electron chi connectivity index (χ0n) is 7.76. The number of hydrogen-bond acceptors (Lipinski definition) is 2. The van der Waals surface area contributed by atoms with Crippen LogP contribution in [0.4, 0.5) is 0 Å². The fraction of sp³-hybridized carbons (Fsp3) is 0.200. The van der Waals surface area contributed by atoms with E-state index in [0.717, 1.165) is 20.3 Å². The molecule has 0 aliphatic carbocycles. The third kappa shape index (κ3) is 2.26. The van der Waals surface area contributed by atoms with Crippen molar-refractivity contribution in [1.82, 2.24) is 0 Å². The molecule has 0 saturated carbocycles. The summed E-state index contributed by atoms with van der Waals surface area (Å²) in [5.74, 6) is 0. The van der Waals surface area contributed by atoms with Crippen molar-refractivity contribution in [2.75, 3.05) is 0 Å². The molecule has 0 amide bonds. The van der Waals surface area contributed by atoms with Crippen LogP contribution < -0.4 is 0 Å². The van der Waals surface area contributed by atoms with Crippen LogP contribution in [0.25, 0.3) is 0 Å². The molecule has 2 heterocycles. The van der Waals surface area contributed by atoms with Gasteiger partial charge in [0.15, 0.2) is 4.67 Å². The molecule has 2 aromatic rings. The first-order valence-electron chi connectivity index (χ1n) is 4.22. The number of rotatable bonds is 2. The summed E-state index contributed by atoms with van der Waals surface area (Å²) in [4.78, 5) is 1.03. The largest absolute Gasteiger partial charge is 0.457 e. The minimum Gasteiger partial charge on any atom is -0.457 e. The van der Waals surface area contributed by atoms with Crippen LogP contribution in [0, 0.1) is 6.92 Å². The Morgan fingerprint density at radius 1 is 1.53 bits per heavy atom. The van der Waals surface area contributed by atoms with Gasteiger partial charge < -0.3 is 4.42 Å². The first-order valence-corrected chi connectivity index (χ1v) is 6.64. The number of furan rings is 1. The highest BCUT2D eigenvalue weighted by atomic mass is 79.9. The maximum Gasteiger partial charge on any atom is 0.173 e. The van der Waals surface area contributed by atoms with Gasteiger partial charge in [-0.15, -0.1) is 22.9 Å². The third-order valence-electron chi connectivity index (χ3n) is 2.05. The Kier molecular flexibility index (Phi) is 3.45. The Hall–Kier alpha value is 0.0400. The molecule has 2 aromatic heterocycles. The quantitative estimate of drug-likeness (QED) is 0.674. The Morgan fingerprint density at radius 3 is 2.73 bits per heavy atom. The van der Waals surface area contributed by atoms with Crippen molar-refractivity contribution >= 4 is 50.5 Å². The van der Waals surface area contributed by atoms with E-state index >= 15 is 0 Å². The molecule has 1 nitrogen and oxygen atoms in total. The molecule has 15 heavy (non-hydrogen) atoms. The molecule has 0 radical (unpaired) electrons. The van der Waals surface area contributed by atoms with Crippen molar-refractivity contribution < 1.29 is 4.42 Å². The molecule has 0 fully saturated rings. The summed E-state index contributed by atoms with van der Waals surface area (Å²) in [7, 11) is 0. The smallest absolute Gasteiger partial charge is 0.173 e. The lowest BCUT2D eigenvalue weighted by Crippen LogP contribution is -1.87. The second kappa shape index (κ2) is 4.50. The highest BCUT2D eigenvalue weighted by molar-refractivity contribution is 9.10. The number of alkyl halides is 1. The summed E-state index contributed by atoms with van der Waals surface area (Å²) in [6.45, 7) is 1.97. The fourth-order valence-electron chi connectivity index (χ4n) is 1.25. The number of halogens is 3. The SMILES string of the molecule is Cc1cc(C(Cl)c2ccoc2Br)sc1Cl. The van der Waals surface area contributed by atoms with Crippen LogP contribution in [0.3, 0.4) is 0 Å². The molecule has 0 N–H and O–H groups in total. The average molecular weight is 326 g/mol. The highest BCUT2D eigenvalue weighted by Gasteiger charge is 2.18. The molecule has 0 saturated heterocycles. The van der Waals surface area contributed by atoms with Gasteiger partial charge in [-0.3, -0.25) is 0 Å². The Morgan fingerprint density at radius 2 is 2.27 bits per heavy atom. The van der Waals surface area contributed by atoms with Gasteiger partial charge in [-0.1, -0.05) is 11.6 Å². The van der Waals surface area contributed by atoms with E-state index in [9.17, 15) is 0 Å². The highest BCUT2D eigenvalue weighted by Crippen LogP contribution is 2.40. The summed E-state index contributed by atoms with van der Waals surface area (Å²) in [6.07, 6.45) is 1.61. The van der Waals surface area contributed by atoms with Crippen LogP contribution in [0.2, 0.25) is 4.34 Å². The summed E-state index contributed by atoms with van der Waals surface area (Å²) in [5.41, 5.74) is 1.98. The van der Waals surface area contributed by atoms with E-state index in [-0.39, 0.29) is 5.38 Å². The molecule has 0 aromatic carbocycles. The van der Waals surface area contributed by atoms with E-state index in [1.54, 1.807) is 6.26 Å². The standard InChI is InChI=1S/C10H7BrCl2OS/c1-5-4-7(15-10(5)13)8(12)6-2-3-14-9(6)11/h2-4,8H,1H3. The molecule has 0 spiro atoms. The molecule has 1 atom stereocenters. The maximum atomic E-state index is 6.33. The van der Waals surface area contributed by atoms with Crippen molar-refractivity contribution in [3.63, 3.8) is 0 Å². The minimum absolute atomic E-state index is 0.214. The van der Waals surface area contributed by atoms with Gasteiger partial charge in [0.05, 0.1) is 16.0 Å². The lowest BCUT2D eigenvalue weighted by Gasteiger charge is -2.03. The van der Waals surface area contributed by atoms with Crippen LogP contribution >= 0.6 is 50.5 Å². The molecule has 0 bridgehead atoms. The van der Waals surface area contributed by atoms with Gasteiger partial charge in [0.2, 0.25) is 0 Å². The summed E-state index contributed by atoms with van der Waals surface area (Å²) < 4.78 is 6.61. The van der Waals surface area contributed by atoms with Crippen LogP contribution in [-0.4, -0.2) is 0 Å². The molecule has 0 aliphatic heterocycles. The topological polar surface area (TPSA) is 13.1 Å². The van der Waals surface area contributed by atoms with Crippen LogP contribution in [0.5, 0.6) is 0 Å². The van der Waals surface area contributed by atoms with Gasteiger partial charge in [0.1, 0.15) is 0 Å². The molecule has 5 heteroatoms. The van der Waals surface area contributed by atoms with Gasteiger partial charge in [0.25, 0.3) is 0 Å². The van der Waals surface area contributed by atoms with Gasteiger partial charge in [-0.25, -0.2) is 0 Å². The van der Waals surface area contributed by atoms with E-state index < -0.39 is 0 Å². The lowest BCUT2D eigenvalue weighted by atomic mass is 10.2. The maximum absolute atomic E-state index is 6.33. The van der Waals surface area contributed by atoms with Crippen molar-refractivity contribution in [2.45, 2.75) is 12.3 Å².